The molecule has 0 saturated heterocycles. The normalized spacial score (nSPS) is 13.2. The van der Waals surface area contributed by atoms with Gasteiger partial charge in [-0.25, -0.2) is 8.42 Å². The molecule has 0 aliphatic rings. The van der Waals surface area contributed by atoms with Crippen molar-refractivity contribution in [2.75, 3.05) is 26.0 Å². The van der Waals surface area contributed by atoms with E-state index in [4.69, 9.17) is 0 Å². The van der Waals surface area contributed by atoms with Crippen LogP contribution in [-0.2, 0) is 9.84 Å². The Balaban J connectivity index is 3.91. The topological polar surface area (TPSA) is 46.2 Å². The summed E-state index contributed by atoms with van der Waals surface area (Å²) in [5.74, 6) is 0. The van der Waals surface area contributed by atoms with Crippen LogP contribution in [0, 0.1) is 0 Å². The molecular formula is C8H18FNO2S. The summed E-state index contributed by atoms with van der Waals surface area (Å²) in [7, 11) is -3.05. The Morgan fingerprint density at radius 2 is 1.92 bits per heavy atom. The highest BCUT2D eigenvalue weighted by atomic mass is 32.2. The van der Waals surface area contributed by atoms with Gasteiger partial charge in [-0.3, -0.25) is 4.39 Å². The lowest BCUT2D eigenvalue weighted by atomic mass is 10.2. The van der Waals surface area contributed by atoms with E-state index in [1.54, 1.807) is 13.8 Å². The minimum absolute atomic E-state index is 0.367. The highest BCUT2D eigenvalue weighted by Gasteiger charge is 2.29. The van der Waals surface area contributed by atoms with Gasteiger partial charge in [0.25, 0.3) is 0 Å². The van der Waals surface area contributed by atoms with Crippen molar-refractivity contribution in [1.82, 2.24) is 5.32 Å². The molecule has 13 heavy (non-hydrogen) atoms. The number of rotatable bonds is 6. The maximum atomic E-state index is 11.7. The van der Waals surface area contributed by atoms with Crippen LogP contribution in [-0.4, -0.2) is 39.2 Å². The molecule has 0 spiro atoms. The maximum absolute atomic E-state index is 11.7. The van der Waals surface area contributed by atoms with Crippen LogP contribution in [0.1, 0.15) is 20.3 Å². The summed E-state index contributed by atoms with van der Waals surface area (Å²) < 4.78 is 33.3. The van der Waals surface area contributed by atoms with Gasteiger partial charge in [-0.05, 0) is 26.8 Å². The number of halogens is 1. The van der Waals surface area contributed by atoms with Crippen molar-refractivity contribution in [3.8, 4) is 0 Å². The fourth-order valence-electron chi connectivity index (χ4n) is 0.712. The fourth-order valence-corrected chi connectivity index (χ4v) is 1.08. The second-order valence-electron chi connectivity index (χ2n) is 3.75. The molecule has 0 radical (unpaired) electrons. The summed E-state index contributed by atoms with van der Waals surface area (Å²) in [6.45, 7) is 3.84. The third kappa shape index (κ3) is 4.57. The molecule has 0 rings (SSSR count). The largest absolute Gasteiger partial charge is 0.315 e. The van der Waals surface area contributed by atoms with Gasteiger partial charge in [0.1, 0.15) is 0 Å². The standard InChI is InChI=1S/C8H18FNO2S/c1-8(2,13(3,11)12)7-10-6-4-5-9/h10H,4-7H2,1-3H3. The number of sulfone groups is 1. The zero-order chi connectivity index (χ0) is 10.5. The number of hydrogen-bond donors (Lipinski definition) is 1. The third-order valence-electron chi connectivity index (χ3n) is 2.04. The number of hydrogen-bond acceptors (Lipinski definition) is 3. The quantitative estimate of drug-likeness (QED) is 0.660. The molecule has 0 bridgehead atoms. The van der Waals surface area contributed by atoms with Crippen LogP contribution in [0.25, 0.3) is 0 Å². The number of nitrogens with one attached hydrogen (secondary N) is 1. The molecule has 0 heterocycles. The molecule has 1 N–H and O–H groups in total. The van der Waals surface area contributed by atoms with E-state index in [0.29, 0.717) is 19.5 Å². The van der Waals surface area contributed by atoms with Crippen molar-refractivity contribution in [1.29, 1.82) is 0 Å². The minimum Gasteiger partial charge on any atom is -0.315 e. The van der Waals surface area contributed by atoms with E-state index in [-0.39, 0.29) is 6.67 Å². The molecule has 0 atom stereocenters. The van der Waals surface area contributed by atoms with Crippen molar-refractivity contribution in [2.45, 2.75) is 25.0 Å². The Morgan fingerprint density at radius 1 is 1.38 bits per heavy atom. The van der Waals surface area contributed by atoms with Gasteiger partial charge in [-0.2, -0.15) is 0 Å². The van der Waals surface area contributed by atoms with E-state index in [1.807, 2.05) is 0 Å². The van der Waals surface area contributed by atoms with E-state index in [2.05, 4.69) is 5.32 Å². The molecule has 3 nitrogen and oxygen atoms in total. The molecule has 0 aromatic carbocycles. The van der Waals surface area contributed by atoms with E-state index in [9.17, 15) is 12.8 Å². The zero-order valence-electron chi connectivity index (χ0n) is 8.43. The second-order valence-corrected chi connectivity index (χ2v) is 6.40. The molecule has 80 valence electrons. The maximum Gasteiger partial charge on any atom is 0.153 e. The van der Waals surface area contributed by atoms with Crippen molar-refractivity contribution in [2.24, 2.45) is 0 Å². The zero-order valence-corrected chi connectivity index (χ0v) is 9.25. The summed E-state index contributed by atoms with van der Waals surface area (Å²) >= 11 is 0. The molecule has 0 saturated carbocycles. The molecular weight excluding hydrogens is 193 g/mol. The van der Waals surface area contributed by atoms with E-state index >= 15 is 0 Å². The fraction of sp³-hybridized carbons (Fsp3) is 1.00. The highest BCUT2D eigenvalue weighted by molar-refractivity contribution is 7.92. The smallest absolute Gasteiger partial charge is 0.153 e. The lowest BCUT2D eigenvalue weighted by molar-refractivity contribution is 0.449. The van der Waals surface area contributed by atoms with Crippen molar-refractivity contribution in [3.63, 3.8) is 0 Å². The van der Waals surface area contributed by atoms with Gasteiger partial charge < -0.3 is 5.32 Å². The lowest BCUT2D eigenvalue weighted by Crippen LogP contribution is -2.42. The van der Waals surface area contributed by atoms with Gasteiger partial charge in [-0.15, -0.1) is 0 Å². The molecule has 0 aromatic heterocycles. The molecule has 0 aliphatic heterocycles. The molecule has 0 fully saturated rings. The highest BCUT2D eigenvalue weighted by Crippen LogP contribution is 2.12. The third-order valence-corrected chi connectivity index (χ3v) is 4.19. The molecule has 0 amide bonds. The van der Waals surface area contributed by atoms with Gasteiger partial charge >= 0.3 is 0 Å². The van der Waals surface area contributed by atoms with Crippen molar-refractivity contribution < 1.29 is 12.8 Å². The first kappa shape index (κ1) is 12.8. The Labute approximate surface area is 79.6 Å². The summed E-state index contributed by atoms with van der Waals surface area (Å²) in [5.41, 5.74) is 0. The first-order chi connectivity index (χ1) is 5.81. The number of alkyl halides is 1. The Morgan fingerprint density at radius 3 is 2.31 bits per heavy atom. The van der Waals surface area contributed by atoms with Crippen LogP contribution < -0.4 is 5.32 Å². The average molecular weight is 211 g/mol. The molecule has 5 heteroatoms. The van der Waals surface area contributed by atoms with Gasteiger partial charge in [0, 0.05) is 12.8 Å². The first-order valence-corrected chi connectivity index (χ1v) is 6.17. The van der Waals surface area contributed by atoms with Gasteiger partial charge in [0.2, 0.25) is 0 Å². The summed E-state index contributed by atoms with van der Waals surface area (Å²) in [6, 6.07) is 0. The summed E-state index contributed by atoms with van der Waals surface area (Å²) in [6.07, 6.45) is 1.64. The second kappa shape index (κ2) is 4.91. The van der Waals surface area contributed by atoms with Crippen LogP contribution in [0.4, 0.5) is 4.39 Å². The Kier molecular flexibility index (Phi) is 4.85. The molecule has 0 aliphatic carbocycles. The first-order valence-electron chi connectivity index (χ1n) is 4.27. The van der Waals surface area contributed by atoms with Crippen LogP contribution in [0.3, 0.4) is 0 Å². The average Bonchev–Trinajstić information content (AvgIpc) is 1.96. The van der Waals surface area contributed by atoms with Crippen molar-refractivity contribution in [3.05, 3.63) is 0 Å². The summed E-state index contributed by atoms with van der Waals surface area (Å²) in [5, 5.41) is 2.91. The van der Waals surface area contributed by atoms with Crippen LogP contribution in [0.15, 0.2) is 0 Å². The minimum atomic E-state index is -3.05. The van der Waals surface area contributed by atoms with Gasteiger partial charge in [0.15, 0.2) is 9.84 Å². The van der Waals surface area contributed by atoms with Gasteiger partial charge in [0.05, 0.1) is 11.4 Å². The molecule has 0 unspecified atom stereocenters. The predicted molar refractivity (Wildman–Crippen MR) is 52.4 cm³/mol. The SMILES string of the molecule is CC(C)(CNCCCF)S(C)(=O)=O. The van der Waals surface area contributed by atoms with E-state index < -0.39 is 14.6 Å². The van der Waals surface area contributed by atoms with Crippen molar-refractivity contribution >= 4 is 9.84 Å². The van der Waals surface area contributed by atoms with Crippen LogP contribution in [0.5, 0.6) is 0 Å². The Hall–Kier alpha value is -0.160. The van der Waals surface area contributed by atoms with E-state index in [1.165, 1.54) is 6.26 Å². The monoisotopic (exact) mass is 211 g/mol. The van der Waals surface area contributed by atoms with Gasteiger partial charge in [-0.1, -0.05) is 0 Å². The summed E-state index contributed by atoms with van der Waals surface area (Å²) in [4.78, 5) is 0. The predicted octanol–water partition coefficient (Wildman–Crippen LogP) is 0.759. The Bertz CT molecular complexity index is 237. The van der Waals surface area contributed by atoms with Crippen LogP contribution in [0.2, 0.25) is 0 Å². The van der Waals surface area contributed by atoms with E-state index in [0.717, 1.165) is 0 Å². The molecule has 0 aromatic rings. The van der Waals surface area contributed by atoms with Crippen LogP contribution >= 0.6 is 0 Å². The lowest BCUT2D eigenvalue weighted by Gasteiger charge is -2.22.